The second-order valence-corrected chi connectivity index (χ2v) is 9.26. The molecule has 5 rings (SSSR count). The largest absolute Gasteiger partial charge is 0.497 e. The monoisotopic (exact) mass is 489 g/mol. The maximum Gasteiger partial charge on any atom is 0.244 e. The first-order chi connectivity index (χ1) is 17.0. The van der Waals surface area contributed by atoms with E-state index in [9.17, 15) is 9.59 Å². The third kappa shape index (κ3) is 4.65. The Bertz CT molecular complexity index is 1370. The summed E-state index contributed by atoms with van der Waals surface area (Å²) in [6.45, 7) is 2.17. The van der Waals surface area contributed by atoms with Gasteiger partial charge < -0.3 is 14.5 Å². The molecule has 0 fully saturated rings. The van der Waals surface area contributed by atoms with Crippen LogP contribution in [-0.2, 0) is 16.1 Å². The highest BCUT2D eigenvalue weighted by atomic mass is 32.2. The first kappa shape index (κ1) is 22.7. The number of carbonyl (C=O) groups is 2. The van der Waals surface area contributed by atoms with Crippen LogP contribution in [0.15, 0.2) is 76.5 Å². The van der Waals surface area contributed by atoms with E-state index in [4.69, 9.17) is 9.15 Å². The van der Waals surface area contributed by atoms with Gasteiger partial charge in [0.2, 0.25) is 11.8 Å². The molecule has 0 saturated heterocycles. The molecular weight excluding hydrogens is 466 g/mol. The van der Waals surface area contributed by atoms with Gasteiger partial charge in [-0.05, 0) is 43.3 Å². The lowest BCUT2D eigenvalue weighted by Crippen LogP contribution is -2.45. The third-order valence-electron chi connectivity index (χ3n) is 5.61. The first-order valence-electron chi connectivity index (χ1n) is 11.0. The van der Waals surface area contributed by atoms with Gasteiger partial charge in [0.25, 0.3) is 0 Å². The number of thioether (sulfide) groups is 1. The minimum Gasteiger partial charge on any atom is -0.497 e. The lowest BCUT2D eigenvalue weighted by Gasteiger charge is -2.30. The number of fused-ring (bicyclic) bond motifs is 1. The van der Waals surface area contributed by atoms with Gasteiger partial charge in [-0.2, -0.15) is 0 Å². The van der Waals surface area contributed by atoms with Gasteiger partial charge >= 0.3 is 0 Å². The Hall–Kier alpha value is -4.05. The topological polar surface area (TPSA) is 102 Å². The summed E-state index contributed by atoms with van der Waals surface area (Å²) < 4.78 is 12.8. The van der Waals surface area contributed by atoms with E-state index in [1.54, 1.807) is 26.4 Å². The number of nitrogens with one attached hydrogen (secondary N) is 1. The van der Waals surface area contributed by atoms with E-state index in [0.29, 0.717) is 34.6 Å². The van der Waals surface area contributed by atoms with E-state index in [0.717, 1.165) is 11.3 Å². The van der Waals surface area contributed by atoms with Crippen LogP contribution in [0.3, 0.4) is 0 Å². The van der Waals surface area contributed by atoms with E-state index in [1.807, 2.05) is 59.2 Å². The molecule has 9 nitrogen and oxygen atoms in total. The summed E-state index contributed by atoms with van der Waals surface area (Å²) in [5.74, 6) is 1.65. The zero-order valence-electron chi connectivity index (χ0n) is 19.2. The van der Waals surface area contributed by atoms with Crippen molar-refractivity contribution in [1.29, 1.82) is 0 Å². The molecule has 4 aromatic rings. The molecule has 0 unspecified atom stereocenters. The SMILES string of the molecule is COc1cccc(-c2nnc(S[C@H](C)C(=O)N3CC(=O)Nc4ccccc43)n2Cc2ccco2)c1. The van der Waals surface area contributed by atoms with Crippen molar-refractivity contribution >= 4 is 35.0 Å². The lowest BCUT2D eigenvalue weighted by atomic mass is 10.2. The predicted octanol–water partition coefficient (Wildman–Crippen LogP) is 4.06. The fraction of sp³-hybridized carbons (Fsp3) is 0.200. The number of hydrogen-bond acceptors (Lipinski definition) is 7. The second-order valence-electron chi connectivity index (χ2n) is 7.95. The zero-order chi connectivity index (χ0) is 24.4. The van der Waals surface area contributed by atoms with Crippen molar-refractivity contribution in [2.45, 2.75) is 23.9 Å². The molecule has 0 radical (unpaired) electrons. The summed E-state index contributed by atoms with van der Waals surface area (Å²) in [5.41, 5.74) is 2.13. The quantitative estimate of drug-likeness (QED) is 0.391. The molecule has 10 heteroatoms. The number of anilines is 2. The molecule has 1 N–H and O–H groups in total. The maximum atomic E-state index is 13.4. The van der Waals surface area contributed by atoms with Crippen molar-refractivity contribution in [3.05, 3.63) is 72.7 Å². The highest BCUT2D eigenvalue weighted by Crippen LogP contribution is 2.33. The van der Waals surface area contributed by atoms with Gasteiger partial charge in [-0.25, -0.2) is 0 Å². The van der Waals surface area contributed by atoms with Gasteiger partial charge in [-0.15, -0.1) is 10.2 Å². The van der Waals surface area contributed by atoms with E-state index in [-0.39, 0.29) is 18.4 Å². The highest BCUT2D eigenvalue weighted by Gasteiger charge is 2.31. The number of amides is 2. The number of furan rings is 1. The van der Waals surface area contributed by atoms with Crippen LogP contribution >= 0.6 is 11.8 Å². The summed E-state index contributed by atoms with van der Waals surface area (Å²) in [5, 5.41) is 11.7. The number of rotatable bonds is 7. The van der Waals surface area contributed by atoms with E-state index >= 15 is 0 Å². The normalized spacial score (nSPS) is 13.8. The minimum atomic E-state index is -0.522. The van der Waals surface area contributed by atoms with Crippen LogP contribution in [0.2, 0.25) is 0 Å². The van der Waals surface area contributed by atoms with Crippen molar-refractivity contribution < 1.29 is 18.7 Å². The van der Waals surface area contributed by atoms with Crippen molar-refractivity contribution in [3.8, 4) is 17.1 Å². The Kier molecular flexibility index (Phi) is 6.28. The molecule has 0 spiro atoms. The third-order valence-corrected chi connectivity index (χ3v) is 6.67. The van der Waals surface area contributed by atoms with E-state index in [1.165, 1.54) is 16.7 Å². The van der Waals surface area contributed by atoms with Crippen molar-refractivity contribution in [2.24, 2.45) is 0 Å². The van der Waals surface area contributed by atoms with E-state index < -0.39 is 5.25 Å². The van der Waals surface area contributed by atoms with Gasteiger partial charge in [-0.3, -0.25) is 19.1 Å². The van der Waals surface area contributed by atoms with Crippen LogP contribution in [0.25, 0.3) is 11.4 Å². The predicted molar refractivity (Wildman–Crippen MR) is 133 cm³/mol. The van der Waals surface area contributed by atoms with Crippen LogP contribution in [0, 0.1) is 0 Å². The summed E-state index contributed by atoms with van der Waals surface area (Å²) >= 11 is 1.29. The smallest absolute Gasteiger partial charge is 0.244 e. The summed E-state index contributed by atoms with van der Waals surface area (Å²) in [6, 6.07) is 18.5. The lowest BCUT2D eigenvalue weighted by molar-refractivity contribution is -0.121. The van der Waals surface area contributed by atoms with Crippen LogP contribution in [0.5, 0.6) is 5.75 Å². The molecule has 178 valence electrons. The van der Waals surface area contributed by atoms with E-state index in [2.05, 4.69) is 15.5 Å². The summed E-state index contributed by atoms with van der Waals surface area (Å²) in [7, 11) is 1.61. The summed E-state index contributed by atoms with van der Waals surface area (Å²) in [4.78, 5) is 27.2. The number of carbonyl (C=O) groups excluding carboxylic acids is 2. The molecular formula is C25H23N5O4S. The number of benzene rings is 2. The van der Waals surface area contributed by atoms with Gasteiger partial charge in [0.1, 0.15) is 18.1 Å². The number of hydrogen-bond donors (Lipinski definition) is 1. The second kappa shape index (κ2) is 9.67. The molecule has 1 atom stereocenters. The van der Waals surface area contributed by atoms with Gasteiger partial charge in [0.15, 0.2) is 11.0 Å². The Balaban J connectivity index is 1.45. The van der Waals surface area contributed by atoms with Crippen LogP contribution in [0.1, 0.15) is 12.7 Å². The fourth-order valence-electron chi connectivity index (χ4n) is 3.91. The number of aromatic nitrogens is 3. The summed E-state index contributed by atoms with van der Waals surface area (Å²) in [6.07, 6.45) is 1.61. The Morgan fingerprint density at radius 2 is 2.03 bits per heavy atom. The Labute approximate surface area is 206 Å². The molecule has 2 aromatic heterocycles. The van der Waals surface area contributed by atoms with Crippen LogP contribution in [0.4, 0.5) is 11.4 Å². The van der Waals surface area contributed by atoms with Gasteiger partial charge in [0, 0.05) is 5.56 Å². The molecule has 2 aromatic carbocycles. The standard InChI is InChI=1S/C25H23N5O4S/c1-16(24(32)29-15-22(31)26-20-10-3-4-11-21(20)29)35-25-28-27-23(17-7-5-8-18(13-17)33-2)30(25)14-19-9-6-12-34-19/h3-13,16H,14-15H2,1-2H3,(H,26,31)/t16-/m1/s1. The molecule has 0 bridgehead atoms. The maximum absolute atomic E-state index is 13.4. The van der Waals surface area contributed by atoms with Gasteiger partial charge in [-0.1, -0.05) is 36.0 Å². The van der Waals surface area contributed by atoms with Crippen molar-refractivity contribution in [1.82, 2.24) is 14.8 Å². The molecule has 35 heavy (non-hydrogen) atoms. The zero-order valence-corrected chi connectivity index (χ0v) is 20.0. The fourth-order valence-corrected chi connectivity index (χ4v) is 4.82. The molecule has 0 saturated carbocycles. The number of ether oxygens (including phenoxy) is 1. The molecule has 2 amide bonds. The van der Waals surface area contributed by atoms with Crippen LogP contribution < -0.4 is 15.0 Å². The van der Waals surface area contributed by atoms with Crippen molar-refractivity contribution in [2.75, 3.05) is 23.9 Å². The van der Waals surface area contributed by atoms with Crippen LogP contribution in [-0.4, -0.2) is 45.5 Å². The van der Waals surface area contributed by atoms with Gasteiger partial charge in [0.05, 0.1) is 36.5 Å². The average Bonchev–Trinajstić information content (AvgIpc) is 3.53. The number of nitrogens with zero attached hydrogens (tertiary/aromatic N) is 4. The highest BCUT2D eigenvalue weighted by molar-refractivity contribution is 8.00. The molecule has 1 aliphatic rings. The minimum absolute atomic E-state index is 0.0328. The molecule has 0 aliphatic carbocycles. The molecule has 1 aliphatic heterocycles. The molecule has 3 heterocycles. The number of para-hydroxylation sites is 2. The number of methoxy groups -OCH3 is 1. The Morgan fingerprint density at radius 3 is 2.83 bits per heavy atom. The first-order valence-corrected chi connectivity index (χ1v) is 11.9. The average molecular weight is 490 g/mol. The van der Waals surface area contributed by atoms with Crippen molar-refractivity contribution in [3.63, 3.8) is 0 Å². The Morgan fingerprint density at radius 1 is 1.17 bits per heavy atom.